The van der Waals surface area contributed by atoms with Gasteiger partial charge in [0.2, 0.25) is 5.91 Å². The normalized spacial score (nSPS) is 16.9. The van der Waals surface area contributed by atoms with Gasteiger partial charge in [0.05, 0.1) is 12.5 Å². The number of carbonyl (C=O) groups is 1. The van der Waals surface area contributed by atoms with E-state index in [1.54, 1.807) is 0 Å². The fourth-order valence-electron chi connectivity index (χ4n) is 3.31. The van der Waals surface area contributed by atoms with E-state index < -0.39 is 0 Å². The summed E-state index contributed by atoms with van der Waals surface area (Å²) < 4.78 is 0. The molecule has 0 bridgehead atoms. The first kappa shape index (κ1) is 14.8. The highest BCUT2D eigenvalue weighted by atomic mass is 16.1. The topological polar surface area (TPSA) is 29.1 Å². The first-order valence-electron chi connectivity index (χ1n) is 8.07. The Morgan fingerprint density at radius 2 is 2.00 bits per heavy atom. The summed E-state index contributed by atoms with van der Waals surface area (Å²) in [4.78, 5) is 12.4. The molecule has 1 N–H and O–H groups in total. The van der Waals surface area contributed by atoms with Gasteiger partial charge in [-0.1, -0.05) is 48.0 Å². The molecule has 2 nitrogen and oxygen atoms in total. The molecule has 0 heterocycles. The number of rotatable bonds is 3. The zero-order chi connectivity index (χ0) is 15.5. The smallest absolute Gasteiger partial charge is 0.224 e. The number of aryl methyl sites for hydroxylation is 3. The Kier molecular flexibility index (Phi) is 4.28. The van der Waals surface area contributed by atoms with Gasteiger partial charge in [0.25, 0.3) is 0 Å². The molecular formula is C20H23NO. The van der Waals surface area contributed by atoms with Crippen molar-refractivity contribution in [3.63, 3.8) is 0 Å². The van der Waals surface area contributed by atoms with Crippen LogP contribution in [0.2, 0.25) is 0 Å². The Morgan fingerprint density at radius 3 is 2.86 bits per heavy atom. The summed E-state index contributed by atoms with van der Waals surface area (Å²) in [5, 5.41) is 3.23. The molecule has 0 saturated carbocycles. The lowest BCUT2D eigenvalue weighted by Crippen LogP contribution is -2.32. The van der Waals surface area contributed by atoms with Gasteiger partial charge in [-0.15, -0.1) is 0 Å². The quantitative estimate of drug-likeness (QED) is 0.909. The summed E-state index contributed by atoms with van der Waals surface area (Å²) in [6.07, 6.45) is 3.77. The van der Waals surface area contributed by atoms with Crippen LogP contribution >= 0.6 is 0 Å². The molecule has 0 aliphatic heterocycles. The fraction of sp³-hybridized carbons (Fsp3) is 0.350. The standard InChI is InChI=1S/C20H23NO/c1-14-10-11-15(2)17(12-14)13-20(22)21-19-9-5-7-16-6-3-4-8-18(16)19/h3-4,6,8,10-12,19H,5,7,9,13H2,1-2H3,(H,21,22)/t19-/m1/s1. The molecule has 0 spiro atoms. The minimum atomic E-state index is 0.121. The predicted octanol–water partition coefficient (Wildman–Crippen LogP) is 4.04. The Labute approximate surface area is 132 Å². The first-order chi connectivity index (χ1) is 10.6. The summed E-state index contributed by atoms with van der Waals surface area (Å²) >= 11 is 0. The van der Waals surface area contributed by atoms with Crippen molar-refractivity contribution < 1.29 is 4.79 Å². The summed E-state index contributed by atoms with van der Waals surface area (Å²) in [5.74, 6) is 0.121. The molecular weight excluding hydrogens is 270 g/mol. The van der Waals surface area contributed by atoms with Crippen molar-refractivity contribution in [2.45, 2.75) is 45.6 Å². The Balaban J connectivity index is 1.72. The van der Waals surface area contributed by atoms with Gasteiger partial charge in [0.15, 0.2) is 0 Å². The van der Waals surface area contributed by atoms with Crippen molar-refractivity contribution in [1.29, 1.82) is 0 Å². The van der Waals surface area contributed by atoms with Crippen molar-refractivity contribution in [3.05, 3.63) is 70.3 Å². The Bertz CT molecular complexity index is 690. The Hall–Kier alpha value is -2.09. The van der Waals surface area contributed by atoms with Crippen LogP contribution in [0.15, 0.2) is 42.5 Å². The van der Waals surface area contributed by atoms with Crippen LogP contribution in [-0.2, 0) is 17.6 Å². The van der Waals surface area contributed by atoms with Gasteiger partial charge in [0.1, 0.15) is 0 Å². The molecule has 0 saturated heterocycles. The average Bonchev–Trinajstić information content (AvgIpc) is 2.51. The monoisotopic (exact) mass is 293 g/mol. The van der Waals surface area contributed by atoms with Crippen LogP contribution < -0.4 is 5.32 Å². The van der Waals surface area contributed by atoms with Gasteiger partial charge in [0, 0.05) is 0 Å². The molecule has 2 aromatic rings. The van der Waals surface area contributed by atoms with Crippen LogP contribution in [0.25, 0.3) is 0 Å². The van der Waals surface area contributed by atoms with E-state index in [0.29, 0.717) is 6.42 Å². The lowest BCUT2D eigenvalue weighted by Gasteiger charge is -2.26. The van der Waals surface area contributed by atoms with Crippen LogP contribution in [0.3, 0.4) is 0 Å². The lowest BCUT2D eigenvalue weighted by molar-refractivity contribution is -0.121. The highest BCUT2D eigenvalue weighted by Crippen LogP contribution is 2.29. The minimum absolute atomic E-state index is 0.121. The van der Waals surface area contributed by atoms with Crippen LogP contribution in [0.5, 0.6) is 0 Å². The van der Waals surface area contributed by atoms with Crippen molar-refractivity contribution in [2.75, 3.05) is 0 Å². The molecule has 3 rings (SSSR count). The molecule has 0 fully saturated rings. The van der Waals surface area contributed by atoms with Crippen molar-refractivity contribution in [2.24, 2.45) is 0 Å². The summed E-state index contributed by atoms with van der Waals surface area (Å²) in [5.41, 5.74) is 6.19. The molecule has 114 valence electrons. The third-order valence-electron chi connectivity index (χ3n) is 4.56. The second kappa shape index (κ2) is 6.35. The maximum atomic E-state index is 12.4. The molecule has 1 aliphatic rings. The SMILES string of the molecule is Cc1ccc(C)c(CC(=O)N[C@@H]2CCCc3ccccc32)c1. The number of nitrogens with one attached hydrogen (secondary N) is 1. The largest absolute Gasteiger partial charge is 0.349 e. The van der Waals surface area contributed by atoms with Crippen LogP contribution in [-0.4, -0.2) is 5.91 Å². The van der Waals surface area contributed by atoms with Gasteiger partial charge in [-0.2, -0.15) is 0 Å². The summed E-state index contributed by atoms with van der Waals surface area (Å²) in [7, 11) is 0. The number of hydrogen-bond donors (Lipinski definition) is 1. The second-order valence-corrected chi connectivity index (χ2v) is 6.32. The summed E-state index contributed by atoms with van der Waals surface area (Å²) in [6, 6.07) is 14.9. The number of hydrogen-bond acceptors (Lipinski definition) is 1. The van der Waals surface area contributed by atoms with E-state index in [0.717, 1.165) is 24.8 Å². The van der Waals surface area contributed by atoms with E-state index in [9.17, 15) is 4.79 Å². The molecule has 0 aromatic heterocycles. The molecule has 0 unspecified atom stereocenters. The van der Waals surface area contributed by atoms with Crippen molar-refractivity contribution in [3.8, 4) is 0 Å². The molecule has 0 radical (unpaired) electrons. The maximum absolute atomic E-state index is 12.4. The van der Waals surface area contributed by atoms with Crippen molar-refractivity contribution in [1.82, 2.24) is 5.32 Å². The van der Waals surface area contributed by atoms with E-state index in [4.69, 9.17) is 0 Å². The van der Waals surface area contributed by atoms with Gasteiger partial charge >= 0.3 is 0 Å². The predicted molar refractivity (Wildman–Crippen MR) is 89.9 cm³/mol. The number of carbonyl (C=O) groups excluding carboxylic acids is 1. The minimum Gasteiger partial charge on any atom is -0.349 e. The van der Waals surface area contributed by atoms with E-state index in [1.165, 1.54) is 22.3 Å². The van der Waals surface area contributed by atoms with Gasteiger partial charge in [-0.05, 0) is 55.4 Å². The second-order valence-electron chi connectivity index (χ2n) is 6.32. The highest BCUT2D eigenvalue weighted by molar-refractivity contribution is 5.79. The zero-order valence-corrected chi connectivity index (χ0v) is 13.4. The third-order valence-corrected chi connectivity index (χ3v) is 4.56. The maximum Gasteiger partial charge on any atom is 0.224 e. The number of amides is 1. The fourth-order valence-corrected chi connectivity index (χ4v) is 3.31. The van der Waals surface area contributed by atoms with Crippen LogP contribution in [0, 0.1) is 13.8 Å². The number of benzene rings is 2. The Morgan fingerprint density at radius 1 is 1.18 bits per heavy atom. The molecule has 1 aliphatic carbocycles. The molecule has 22 heavy (non-hydrogen) atoms. The molecule has 1 atom stereocenters. The van der Waals surface area contributed by atoms with Gasteiger partial charge in [-0.25, -0.2) is 0 Å². The van der Waals surface area contributed by atoms with E-state index in [-0.39, 0.29) is 11.9 Å². The molecule has 1 amide bonds. The van der Waals surface area contributed by atoms with E-state index in [2.05, 4.69) is 61.6 Å². The van der Waals surface area contributed by atoms with Gasteiger partial charge in [-0.3, -0.25) is 4.79 Å². The van der Waals surface area contributed by atoms with Crippen LogP contribution in [0.1, 0.15) is 46.7 Å². The van der Waals surface area contributed by atoms with Gasteiger partial charge < -0.3 is 5.32 Å². The highest BCUT2D eigenvalue weighted by Gasteiger charge is 2.21. The zero-order valence-electron chi connectivity index (χ0n) is 13.4. The molecule has 2 aromatic carbocycles. The van der Waals surface area contributed by atoms with E-state index >= 15 is 0 Å². The van der Waals surface area contributed by atoms with Crippen molar-refractivity contribution >= 4 is 5.91 Å². The van der Waals surface area contributed by atoms with E-state index in [1.807, 2.05) is 0 Å². The van der Waals surface area contributed by atoms with Crippen LogP contribution in [0.4, 0.5) is 0 Å². The average molecular weight is 293 g/mol. The number of fused-ring (bicyclic) bond motifs is 1. The lowest BCUT2D eigenvalue weighted by atomic mass is 9.87. The molecule has 2 heteroatoms. The third kappa shape index (κ3) is 3.22. The first-order valence-corrected chi connectivity index (χ1v) is 8.07. The summed E-state index contributed by atoms with van der Waals surface area (Å²) in [6.45, 7) is 4.14.